The zero-order valence-electron chi connectivity index (χ0n) is 13.6. The van der Waals surface area contributed by atoms with E-state index in [9.17, 15) is 9.18 Å². The van der Waals surface area contributed by atoms with Crippen molar-refractivity contribution < 1.29 is 13.9 Å². The third kappa shape index (κ3) is 2.96. The van der Waals surface area contributed by atoms with Crippen LogP contribution in [0.5, 0.6) is 0 Å². The molecule has 0 bridgehead atoms. The molecule has 1 unspecified atom stereocenters. The number of amides is 1. The average Bonchev–Trinajstić information content (AvgIpc) is 3.07. The summed E-state index contributed by atoms with van der Waals surface area (Å²) in [6.07, 6.45) is 1.34. The Labute approximate surface area is 143 Å². The van der Waals surface area contributed by atoms with E-state index < -0.39 is 0 Å². The standard InChI is InChI=1S/C17H16FN5O2/c1-11-6-7-19-17-20-15(21-23(11)17)16(24)22-8-9-25-14(10-22)12-2-4-13(18)5-3-12/h2-7,14H,8-10H2,1H3. The lowest BCUT2D eigenvalue weighted by atomic mass is 10.1. The first kappa shape index (κ1) is 15.6. The minimum Gasteiger partial charge on any atom is -0.370 e. The molecule has 0 aliphatic carbocycles. The summed E-state index contributed by atoms with van der Waals surface area (Å²) in [6.45, 7) is 3.10. The minimum atomic E-state index is -0.302. The first-order valence-electron chi connectivity index (χ1n) is 7.96. The van der Waals surface area contributed by atoms with E-state index >= 15 is 0 Å². The number of fused-ring (bicyclic) bond motifs is 1. The lowest BCUT2D eigenvalue weighted by Crippen LogP contribution is -2.42. The Hall–Kier alpha value is -2.87. The van der Waals surface area contributed by atoms with E-state index in [4.69, 9.17) is 4.74 Å². The molecule has 0 spiro atoms. The van der Waals surface area contributed by atoms with Crippen molar-refractivity contribution in [1.29, 1.82) is 0 Å². The summed E-state index contributed by atoms with van der Waals surface area (Å²) in [5, 5.41) is 4.26. The van der Waals surface area contributed by atoms with Crippen molar-refractivity contribution in [2.24, 2.45) is 0 Å². The van der Waals surface area contributed by atoms with Crippen LogP contribution in [-0.2, 0) is 4.74 Å². The van der Waals surface area contributed by atoms with Gasteiger partial charge in [0.2, 0.25) is 5.82 Å². The normalized spacial score (nSPS) is 17.8. The van der Waals surface area contributed by atoms with Crippen LogP contribution >= 0.6 is 0 Å². The van der Waals surface area contributed by atoms with E-state index in [0.717, 1.165) is 11.3 Å². The lowest BCUT2D eigenvalue weighted by molar-refractivity contribution is -0.0232. The van der Waals surface area contributed by atoms with Gasteiger partial charge in [-0.3, -0.25) is 4.79 Å². The number of hydrogen-bond acceptors (Lipinski definition) is 5. The smallest absolute Gasteiger partial charge is 0.293 e. The Morgan fingerprint density at radius 1 is 1.28 bits per heavy atom. The van der Waals surface area contributed by atoms with Gasteiger partial charge in [0.15, 0.2) is 0 Å². The maximum atomic E-state index is 13.1. The fourth-order valence-electron chi connectivity index (χ4n) is 2.85. The Balaban J connectivity index is 1.56. The lowest BCUT2D eigenvalue weighted by Gasteiger charge is -2.32. The third-order valence-electron chi connectivity index (χ3n) is 4.22. The number of halogens is 1. The SMILES string of the molecule is Cc1ccnc2nc(C(=O)N3CCOC(c4ccc(F)cc4)C3)nn12. The zero-order valence-corrected chi connectivity index (χ0v) is 13.6. The second-order valence-corrected chi connectivity index (χ2v) is 5.90. The summed E-state index contributed by atoms with van der Waals surface area (Å²) in [4.78, 5) is 22.7. The fraction of sp³-hybridized carbons (Fsp3) is 0.294. The van der Waals surface area contributed by atoms with Crippen molar-refractivity contribution in [3.63, 3.8) is 0 Å². The van der Waals surface area contributed by atoms with Gasteiger partial charge >= 0.3 is 0 Å². The molecule has 1 fully saturated rings. The predicted molar refractivity (Wildman–Crippen MR) is 86.5 cm³/mol. The van der Waals surface area contributed by atoms with Crippen LogP contribution < -0.4 is 0 Å². The largest absolute Gasteiger partial charge is 0.370 e. The molecule has 1 amide bonds. The van der Waals surface area contributed by atoms with Crippen LogP contribution in [0.2, 0.25) is 0 Å². The van der Waals surface area contributed by atoms with Crippen LogP contribution in [0, 0.1) is 12.7 Å². The molecule has 1 aliphatic heterocycles. The van der Waals surface area contributed by atoms with Crippen molar-refractivity contribution >= 4 is 11.7 Å². The van der Waals surface area contributed by atoms with Gasteiger partial charge in [-0.05, 0) is 30.7 Å². The molecule has 0 N–H and O–H groups in total. The number of hydrogen-bond donors (Lipinski definition) is 0. The van der Waals surface area contributed by atoms with E-state index in [0.29, 0.717) is 25.5 Å². The van der Waals surface area contributed by atoms with Crippen molar-refractivity contribution in [2.75, 3.05) is 19.7 Å². The van der Waals surface area contributed by atoms with Gasteiger partial charge in [0.1, 0.15) is 11.9 Å². The van der Waals surface area contributed by atoms with E-state index in [1.807, 2.05) is 6.92 Å². The molecule has 1 saturated heterocycles. The van der Waals surface area contributed by atoms with Crippen molar-refractivity contribution in [3.8, 4) is 0 Å². The van der Waals surface area contributed by atoms with E-state index in [2.05, 4.69) is 15.1 Å². The Kier molecular flexibility index (Phi) is 3.89. The predicted octanol–water partition coefficient (Wildman–Crippen LogP) is 1.79. The van der Waals surface area contributed by atoms with Gasteiger partial charge < -0.3 is 9.64 Å². The van der Waals surface area contributed by atoms with Crippen molar-refractivity contribution in [2.45, 2.75) is 13.0 Å². The molecular formula is C17H16FN5O2. The summed E-state index contributed by atoms with van der Waals surface area (Å²) < 4.78 is 20.4. The first-order chi connectivity index (χ1) is 12.1. The van der Waals surface area contributed by atoms with Crippen molar-refractivity contribution in [3.05, 3.63) is 59.4 Å². The zero-order chi connectivity index (χ0) is 17.4. The quantitative estimate of drug-likeness (QED) is 0.710. The van der Waals surface area contributed by atoms with Gasteiger partial charge in [0, 0.05) is 18.4 Å². The highest BCUT2D eigenvalue weighted by Crippen LogP contribution is 2.23. The number of rotatable bonds is 2. The summed E-state index contributed by atoms with van der Waals surface area (Å²) in [7, 11) is 0. The molecule has 1 aliphatic rings. The maximum absolute atomic E-state index is 13.1. The fourth-order valence-corrected chi connectivity index (χ4v) is 2.85. The van der Waals surface area contributed by atoms with Crippen LogP contribution in [0.15, 0.2) is 36.5 Å². The minimum absolute atomic E-state index is 0.113. The van der Waals surface area contributed by atoms with Crippen LogP contribution in [-0.4, -0.2) is 50.1 Å². The first-order valence-corrected chi connectivity index (χ1v) is 7.96. The number of carbonyl (C=O) groups excluding carboxylic acids is 1. The van der Waals surface area contributed by atoms with Gasteiger partial charge in [-0.25, -0.2) is 13.9 Å². The maximum Gasteiger partial charge on any atom is 0.293 e. The molecule has 1 atom stereocenters. The molecule has 8 heteroatoms. The molecule has 25 heavy (non-hydrogen) atoms. The monoisotopic (exact) mass is 341 g/mol. The van der Waals surface area contributed by atoms with Gasteiger partial charge in [-0.1, -0.05) is 12.1 Å². The second kappa shape index (κ2) is 6.21. The third-order valence-corrected chi connectivity index (χ3v) is 4.22. The molecule has 2 aromatic heterocycles. The topological polar surface area (TPSA) is 72.6 Å². The highest BCUT2D eigenvalue weighted by molar-refractivity contribution is 5.91. The molecule has 3 aromatic rings. The van der Waals surface area contributed by atoms with Crippen LogP contribution in [0.3, 0.4) is 0 Å². The van der Waals surface area contributed by atoms with Crippen LogP contribution in [0.25, 0.3) is 5.78 Å². The Morgan fingerprint density at radius 3 is 2.84 bits per heavy atom. The number of ether oxygens (including phenoxy) is 1. The number of aromatic nitrogens is 4. The highest BCUT2D eigenvalue weighted by atomic mass is 19.1. The summed E-state index contributed by atoms with van der Waals surface area (Å²) >= 11 is 0. The number of nitrogens with zero attached hydrogens (tertiary/aromatic N) is 5. The Bertz CT molecular complexity index is 924. The molecule has 7 nitrogen and oxygen atoms in total. The summed E-state index contributed by atoms with van der Waals surface area (Å²) in [5.74, 6) is -0.0576. The van der Waals surface area contributed by atoms with Gasteiger partial charge in [0.25, 0.3) is 11.7 Å². The molecule has 3 heterocycles. The second-order valence-electron chi connectivity index (χ2n) is 5.90. The van der Waals surface area contributed by atoms with E-state index in [1.165, 1.54) is 12.1 Å². The average molecular weight is 341 g/mol. The number of aryl methyl sites for hydroxylation is 1. The molecule has 128 valence electrons. The number of benzene rings is 1. The molecule has 0 radical (unpaired) electrons. The molecular weight excluding hydrogens is 325 g/mol. The Morgan fingerprint density at radius 2 is 2.08 bits per heavy atom. The molecule has 4 rings (SSSR count). The summed E-state index contributed by atoms with van der Waals surface area (Å²) in [5.41, 5.74) is 1.68. The van der Waals surface area contributed by atoms with Crippen LogP contribution in [0.4, 0.5) is 4.39 Å². The van der Waals surface area contributed by atoms with E-state index in [1.54, 1.807) is 33.8 Å². The molecule has 0 saturated carbocycles. The van der Waals surface area contributed by atoms with Gasteiger partial charge in [0.05, 0.1) is 13.2 Å². The highest BCUT2D eigenvalue weighted by Gasteiger charge is 2.28. The number of morpholine rings is 1. The van der Waals surface area contributed by atoms with E-state index in [-0.39, 0.29) is 23.7 Å². The van der Waals surface area contributed by atoms with Gasteiger partial charge in [-0.2, -0.15) is 4.98 Å². The molecule has 1 aromatic carbocycles. The summed E-state index contributed by atoms with van der Waals surface area (Å²) in [6, 6.07) is 7.92. The number of carbonyl (C=O) groups is 1. The van der Waals surface area contributed by atoms with Crippen LogP contribution in [0.1, 0.15) is 28.0 Å². The van der Waals surface area contributed by atoms with Gasteiger partial charge in [-0.15, -0.1) is 5.10 Å². The van der Waals surface area contributed by atoms with Crippen molar-refractivity contribution in [1.82, 2.24) is 24.5 Å².